The van der Waals surface area contributed by atoms with E-state index >= 15 is 0 Å². The van der Waals surface area contributed by atoms with E-state index in [-0.39, 0.29) is 5.91 Å². The van der Waals surface area contributed by atoms with Gasteiger partial charge in [0.25, 0.3) is 5.91 Å². The molecule has 0 heterocycles. The van der Waals surface area contributed by atoms with E-state index in [9.17, 15) is 4.79 Å². The standard InChI is InChI=1S/C18H22N2OS/c1-20(13-12-15-8-4-3-5-9-15)14-18(21)19-16-10-6-7-11-17(16)22-2/h3-11H,12-14H2,1-2H3,(H,19,21)/p+1. The number of hydrogen-bond donors (Lipinski definition) is 2. The van der Waals surface area contributed by atoms with Crippen molar-refractivity contribution < 1.29 is 9.69 Å². The summed E-state index contributed by atoms with van der Waals surface area (Å²) < 4.78 is 0. The van der Waals surface area contributed by atoms with Crippen molar-refractivity contribution in [3.63, 3.8) is 0 Å². The highest BCUT2D eigenvalue weighted by atomic mass is 32.2. The number of amides is 1. The number of benzene rings is 2. The molecule has 0 aliphatic heterocycles. The Hall–Kier alpha value is -1.78. The summed E-state index contributed by atoms with van der Waals surface area (Å²) >= 11 is 1.64. The predicted octanol–water partition coefficient (Wildman–Crippen LogP) is 2.10. The summed E-state index contributed by atoms with van der Waals surface area (Å²) in [4.78, 5) is 14.5. The lowest BCUT2D eigenvalue weighted by Gasteiger charge is -2.15. The topological polar surface area (TPSA) is 33.5 Å². The average Bonchev–Trinajstić information content (AvgIpc) is 2.54. The van der Waals surface area contributed by atoms with Crippen LogP contribution in [0.15, 0.2) is 59.5 Å². The minimum absolute atomic E-state index is 0.0621. The fourth-order valence-electron chi connectivity index (χ4n) is 2.31. The molecule has 0 radical (unpaired) electrons. The van der Waals surface area contributed by atoms with Crippen LogP contribution < -0.4 is 10.2 Å². The van der Waals surface area contributed by atoms with Crippen LogP contribution in [0.2, 0.25) is 0 Å². The normalized spacial score (nSPS) is 11.9. The van der Waals surface area contributed by atoms with Gasteiger partial charge in [-0.1, -0.05) is 42.5 Å². The highest BCUT2D eigenvalue weighted by Crippen LogP contribution is 2.24. The second kappa shape index (κ2) is 8.61. The summed E-state index contributed by atoms with van der Waals surface area (Å²) in [6.07, 6.45) is 3.00. The van der Waals surface area contributed by atoms with Crippen LogP contribution in [-0.2, 0) is 11.2 Å². The molecule has 1 unspecified atom stereocenters. The summed E-state index contributed by atoms with van der Waals surface area (Å²) in [5.74, 6) is 0.0621. The maximum atomic E-state index is 12.2. The van der Waals surface area contributed by atoms with Gasteiger partial charge in [-0.15, -0.1) is 11.8 Å². The Labute approximate surface area is 136 Å². The van der Waals surface area contributed by atoms with Crippen LogP contribution in [0.1, 0.15) is 5.56 Å². The lowest BCUT2D eigenvalue weighted by atomic mass is 10.1. The zero-order valence-corrected chi connectivity index (χ0v) is 14.0. The second-order valence-corrected chi connectivity index (χ2v) is 6.22. The van der Waals surface area contributed by atoms with Gasteiger partial charge >= 0.3 is 0 Å². The molecule has 0 aliphatic carbocycles. The third-order valence-electron chi connectivity index (χ3n) is 3.53. The number of carbonyl (C=O) groups excluding carboxylic acids is 1. The Morgan fingerprint density at radius 1 is 1.09 bits per heavy atom. The summed E-state index contributed by atoms with van der Waals surface area (Å²) in [7, 11) is 2.06. The van der Waals surface area contributed by atoms with Gasteiger partial charge in [0, 0.05) is 11.3 Å². The highest BCUT2D eigenvalue weighted by Gasteiger charge is 2.11. The summed E-state index contributed by atoms with van der Waals surface area (Å²) in [5.41, 5.74) is 2.21. The summed E-state index contributed by atoms with van der Waals surface area (Å²) in [6.45, 7) is 1.43. The molecule has 2 aromatic carbocycles. The number of quaternary nitrogens is 1. The second-order valence-electron chi connectivity index (χ2n) is 5.37. The minimum atomic E-state index is 0.0621. The molecule has 0 spiro atoms. The minimum Gasteiger partial charge on any atom is -0.329 e. The number of likely N-dealkylation sites (N-methyl/N-ethyl adjacent to an activating group) is 1. The molecular formula is C18H23N2OS+. The highest BCUT2D eigenvalue weighted by molar-refractivity contribution is 7.98. The molecule has 0 saturated carbocycles. The SMILES string of the molecule is CSc1ccccc1NC(=O)C[NH+](C)CCc1ccccc1. The van der Waals surface area contributed by atoms with Gasteiger partial charge in [0.1, 0.15) is 0 Å². The van der Waals surface area contributed by atoms with Gasteiger partial charge in [0.05, 0.1) is 19.3 Å². The molecule has 2 aromatic rings. The molecule has 0 bridgehead atoms. The van der Waals surface area contributed by atoms with Gasteiger partial charge in [-0.2, -0.15) is 0 Å². The molecule has 3 nitrogen and oxygen atoms in total. The third kappa shape index (κ3) is 5.20. The van der Waals surface area contributed by atoms with Crippen LogP contribution >= 0.6 is 11.8 Å². The van der Waals surface area contributed by atoms with Gasteiger partial charge in [0.2, 0.25) is 0 Å². The molecule has 4 heteroatoms. The van der Waals surface area contributed by atoms with Gasteiger partial charge in [-0.05, 0) is 24.0 Å². The number of anilines is 1. The average molecular weight is 315 g/mol. The van der Waals surface area contributed by atoms with Crippen molar-refractivity contribution in [2.45, 2.75) is 11.3 Å². The first-order valence-corrected chi connectivity index (χ1v) is 8.69. The molecule has 1 atom stereocenters. The lowest BCUT2D eigenvalue weighted by Crippen LogP contribution is -3.10. The molecule has 2 N–H and O–H groups in total. The molecule has 0 aromatic heterocycles. The van der Waals surface area contributed by atoms with Crippen molar-refractivity contribution in [2.24, 2.45) is 0 Å². The van der Waals surface area contributed by atoms with E-state index in [1.807, 2.05) is 36.6 Å². The Bertz CT molecular complexity index is 601. The fraction of sp³-hybridized carbons (Fsp3) is 0.278. The van der Waals surface area contributed by atoms with E-state index in [4.69, 9.17) is 0 Å². The number of para-hydroxylation sites is 1. The molecule has 0 saturated heterocycles. The first-order chi connectivity index (χ1) is 10.7. The van der Waals surface area contributed by atoms with E-state index < -0.39 is 0 Å². The van der Waals surface area contributed by atoms with Crippen molar-refractivity contribution in [3.05, 3.63) is 60.2 Å². The van der Waals surface area contributed by atoms with E-state index in [0.717, 1.165) is 23.5 Å². The molecule has 0 aliphatic rings. The van der Waals surface area contributed by atoms with Crippen LogP contribution in [0.5, 0.6) is 0 Å². The van der Waals surface area contributed by atoms with Crippen LogP contribution in [0.25, 0.3) is 0 Å². The molecule has 2 rings (SSSR count). The van der Waals surface area contributed by atoms with Gasteiger partial charge in [0.15, 0.2) is 6.54 Å². The first-order valence-electron chi connectivity index (χ1n) is 7.47. The van der Waals surface area contributed by atoms with Crippen LogP contribution in [-0.4, -0.2) is 32.3 Å². The van der Waals surface area contributed by atoms with E-state index in [2.05, 4.69) is 36.6 Å². The van der Waals surface area contributed by atoms with E-state index in [1.165, 1.54) is 10.5 Å². The summed E-state index contributed by atoms with van der Waals surface area (Å²) in [6, 6.07) is 18.3. The maximum Gasteiger partial charge on any atom is 0.279 e. The van der Waals surface area contributed by atoms with Crippen molar-refractivity contribution in [2.75, 3.05) is 31.7 Å². The zero-order chi connectivity index (χ0) is 15.8. The Morgan fingerprint density at radius 3 is 2.50 bits per heavy atom. The van der Waals surface area contributed by atoms with Crippen molar-refractivity contribution in [3.8, 4) is 0 Å². The van der Waals surface area contributed by atoms with Crippen molar-refractivity contribution >= 4 is 23.4 Å². The van der Waals surface area contributed by atoms with Gasteiger partial charge < -0.3 is 10.2 Å². The van der Waals surface area contributed by atoms with Gasteiger partial charge in [-0.3, -0.25) is 4.79 Å². The summed E-state index contributed by atoms with van der Waals surface area (Å²) in [5, 5.41) is 3.01. The molecule has 116 valence electrons. The van der Waals surface area contributed by atoms with Crippen molar-refractivity contribution in [1.82, 2.24) is 0 Å². The Kier molecular flexibility index (Phi) is 6.49. The van der Waals surface area contributed by atoms with Gasteiger partial charge in [-0.25, -0.2) is 0 Å². The van der Waals surface area contributed by atoms with Crippen LogP contribution in [0, 0.1) is 0 Å². The molecule has 0 fully saturated rings. The number of rotatable bonds is 7. The zero-order valence-electron chi connectivity index (χ0n) is 13.1. The largest absolute Gasteiger partial charge is 0.329 e. The first kappa shape index (κ1) is 16.6. The smallest absolute Gasteiger partial charge is 0.279 e. The molecule has 1 amide bonds. The lowest BCUT2D eigenvalue weighted by molar-refractivity contribution is -0.870. The molecular weight excluding hydrogens is 292 g/mol. The predicted molar refractivity (Wildman–Crippen MR) is 93.6 cm³/mol. The molecule has 22 heavy (non-hydrogen) atoms. The van der Waals surface area contributed by atoms with E-state index in [0.29, 0.717) is 6.54 Å². The van der Waals surface area contributed by atoms with Crippen LogP contribution in [0.3, 0.4) is 0 Å². The monoisotopic (exact) mass is 315 g/mol. The quantitative estimate of drug-likeness (QED) is 0.767. The van der Waals surface area contributed by atoms with Crippen molar-refractivity contribution in [1.29, 1.82) is 0 Å². The number of carbonyl (C=O) groups is 1. The Balaban J connectivity index is 1.81. The number of thioether (sulfide) groups is 1. The number of hydrogen-bond acceptors (Lipinski definition) is 2. The number of nitrogens with one attached hydrogen (secondary N) is 2. The Morgan fingerprint density at radius 2 is 1.77 bits per heavy atom. The maximum absolute atomic E-state index is 12.2. The fourth-order valence-corrected chi connectivity index (χ4v) is 2.86. The van der Waals surface area contributed by atoms with Crippen LogP contribution in [0.4, 0.5) is 5.69 Å². The van der Waals surface area contributed by atoms with E-state index in [1.54, 1.807) is 11.8 Å². The third-order valence-corrected chi connectivity index (χ3v) is 4.32.